The summed E-state index contributed by atoms with van der Waals surface area (Å²) in [6.45, 7) is 0.673. The molecule has 0 saturated carbocycles. The molecule has 5 nitrogen and oxygen atoms in total. The minimum atomic E-state index is -0.856. The monoisotopic (exact) mass is 188 g/mol. The molecule has 1 rings (SSSR count). The molecule has 1 aliphatic rings. The molecule has 0 aromatic carbocycles. The van der Waals surface area contributed by atoms with Crippen LogP contribution in [0, 0.1) is 0 Å². The van der Waals surface area contributed by atoms with E-state index in [0.717, 1.165) is 19.4 Å². The molecule has 1 fully saturated rings. The van der Waals surface area contributed by atoms with Gasteiger partial charge in [-0.15, -0.1) is 0 Å². The molecule has 0 aromatic heterocycles. The maximum atomic E-state index is 11.3. The number of hydrogen-bond acceptors (Lipinski definition) is 4. The van der Waals surface area contributed by atoms with Gasteiger partial charge >= 0.3 is 0 Å². The maximum absolute atomic E-state index is 11.3. The average molecular weight is 188 g/mol. The first-order chi connectivity index (χ1) is 6.24. The quantitative estimate of drug-likeness (QED) is 0.420. The number of carbonyl (C=O) groups excluding carboxylic acids is 1. The standard InChI is InChI=1S/C8H16N2O3/c11-5-6(12)4-10-8(13)7-2-1-3-9-7/h6-7,9,11-12H,1-5H2,(H,10,13)/t6?,7-/m1/s1. The van der Waals surface area contributed by atoms with Crippen LogP contribution in [0.4, 0.5) is 0 Å². The van der Waals surface area contributed by atoms with Gasteiger partial charge in [-0.25, -0.2) is 0 Å². The van der Waals surface area contributed by atoms with Crippen molar-refractivity contribution >= 4 is 5.91 Å². The fraction of sp³-hybridized carbons (Fsp3) is 0.875. The molecule has 0 aromatic rings. The summed E-state index contributed by atoms with van der Waals surface area (Å²) in [5, 5.41) is 23.1. The predicted octanol–water partition coefficient (Wildman–Crippen LogP) is -1.79. The van der Waals surface area contributed by atoms with Gasteiger partial charge in [0.05, 0.1) is 18.8 Å². The normalized spacial score (nSPS) is 24.3. The van der Waals surface area contributed by atoms with Gasteiger partial charge in [-0.05, 0) is 19.4 Å². The van der Waals surface area contributed by atoms with Gasteiger partial charge in [0.2, 0.25) is 5.91 Å². The summed E-state index contributed by atoms with van der Waals surface area (Å²) in [5.74, 6) is -0.0926. The fourth-order valence-electron chi connectivity index (χ4n) is 1.31. The van der Waals surface area contributed by atoms with Crippen molar-refractivity contribution in [2.45, 2.75) is 25.0 Å². The number of hydrogen-bond donors (Lipinski definition) is 4. The Hall–Kier alpha value is -0.650. The third kappa shape index (κ3) is 3.30. The summed E-state index contributed by atoms with van der Waals surface area (Å²) in [4.78, 5) is 11.3. The Balaban J connectivity index is 2.16. The molecule has 76 valence electrons. The number of carbonyl (C=O) groups is 1. The van der Waals surface area contributed by atoms with E-state index in [1.807, 2.05) is 0 Å². The molecule has 13 heavy (non-hydrogen) atoms. The van der Waals surface area contributed by atoms with Gasteiger partial charge in [0.15, 0.2) is 0 Å². The van der Waals surface area contributed by atoms with Crippen molar-refractivity contribution in [1.29, 1.82) is 0 Å². The molecule has 1 unspecified atom stereocenters. The lowest BCUT2D eigenvalue weighted by atomic mass is 10.2. The largest absolute Gasteiger partial charge is 0.394 e. The smallest absolute Gasteiger partial charge is 0.237 e. The van der Waals surface area contributed by atoms with E-state index in [1.165, 1.54) is 0 Å². The summed E-state index contributed by atoms with van der Waals surface area (Å²) < 4.78 is 0. The van der Waals surface area contributed by atoms with Crippen molar-refractivity contribution in [3.63, 3.8) is 0 Å². The van der Waals surface area contributed by atoms with E-state index in [2.05, 4.69) is 10.6 Å². The van der Waals surface area contributed by atoms with E-state index >= 15 is 0 Å². The lowest BCUT2D eigenvalue weighted by Crippen LogP contribution is -2.43. The Morgan fingerprint density at radius 2 is 2.46 bits per heavy atom. The van der Waals surface area contributed by atoms with Crippen LogP contribution < -0.4 is 10.6 Å². The number of aliphatic hydroxyl groups is 2. The van der Waals surface area contributed by atoms with E-state index in [0.29, 0.717) is 0 Å². The van der Waals surface area contributed by atoms with Crippen LogP contribution in [0.5, 0.6) is 0 Å². The molecule has 1 amide bonds. The SMILES string of the molecule is O=C(NCC(O)CO)[C@H]1CCCN1. The van der Waals surface area contributed by atoms with Crippen molar-refractivity contribution in [2.24, 2.45) is 0 Å². The van der Waals surface area contributed by atoms with Crippen molar-refractivity contribution in [2.75, 3.05) is 19.7 Å². The zero-order chi connectivity index (χ0) is 9.68. The van der Waals surface area contributed by atoms with Gasteiger partial charge < -0.3 is 20.8 Å². The number of nitrogens with one attached hydrogen (secondary N) is 2. The average Bonchev–Trinajstić information content (AvgIpc) is 2.66. The highest BCUT2D eigenvalue weighted by Crippen LogP contribution is 2.04. The van der Waals surface area contributed by atoms with Gasteiger partial charge in [0.1, 0.15) is 0 Å². The molecular formula is C8H16N2O3. The summed E-state index contributed by atoms with van der Waals surface area (Å²) in [7, 11) is 0. The molecule has 1 heterocycles. The molecular weight excluding hydrogens is 172 g/mol. The van der Waals surface area contributed by atoms with Crippen LogP contribution in [0.2, 0.25) is 0 Å². The maximum Gasteiger partial charge on any atom is 0.237 e. The summed E-state index contributed by atoms with van der Waals surface area (Å²) in [5.41, 5.74) is 0. The lowest BCUT2D eigenvalue weighted by molar-refractivity contribution is -0.123. The second-order valence-electron chi connectivity index (χ2n) is 3.23. The highest BCUT2D eigenvalue weighted by molar-refractivity contribution is 5.81. The summed E-state index contributed by atoms with van der Waals surface area (Å²) in [6.07, 6.45) is 1.01. The van der Waals surface area contributed by atoms with Gasteiger partial charge in [0, 0.05) is 6.54 Å². The molecule has 2 atom stereocenters. The van der Waals surface area contributed by atoms with Crippen LogP contribution in [0.1, 0.15) is 12.8 Å². The van der Waals surface area contributed by atoms with Crippen molar-refractivity contribution < 1.29 is 15.0 Å². The van der Waals surface area contributed by atoms with Crippen LogP contribution in [0.25, 0.3) is 0 Å². The van der Waals surface area contributed by atoms with Crippen LogP contribution >= 0.6 is 0 Å². The zero-order valence-electron chi connectivity index (χ0n) is 7.49. The topological polar surface area (TPSA) is 81.6 Å². The minimum absolute atomic E-state index is 0.0926. The molecule has 0 aliphatic carbocycles. The van der Waals surface area contributed by atoms with Crippen LogP contribution in [-0.4, -0.2) is 48.0 Å². The van der Waals surface area contributed by atoms with Crippen LogP contribution in [0.15, 0.2) is 0 Å². The molecule has 1 saturated heterocycles. The summed E-state index contributed by atoms with van der Waals surface area (Å²) >= 11 is 0. The first kappa shape index (κ1) is 10.4. The second kappa shape index (κ2) is 5.16. The molecule has 0 radical (unpaired) electrons. The third-order valence-electron chi connectivity index (χ3n) is 2.10. The van der Waals surface area contributed by atoms with E-state index in [1.54, 1.807) is 0 Å². The Labute approximate surface area is 77.1 Å². The highest BCUT2D eigenvalue weighted by Gasteiger charge is 2.21. The fourth-order valence-corrected chi connectivity index (χ4v) is 1.31. The number of amides is 1. The predicted molar refractivity (Wildman–Crippen MR) is 47.1 cm³/mol. The highest BCUT2D eigenvalue weighted by atomic mass is 16.3. The molecule has 0 bridgehead atoms. The van der Waals surface area contributed by atoms with Gasteiger partial charge in [-0.1, -0.05) is 0 Å². The molecule has 4 N–H and O–H groups in total. The summed E-state index contributed by atoms with van der Waals surface area (Å²) in [6, 6.07) is -0.120. The molecule has 0 spiro atoms. The van der Waals surface area contributed by atoms with Gasteiger partial charge in [-0.3, -0.25) is 4.79 Å². The van der Waals surface area contributed by atoms with Gasteiger partial charge in [0.25, 0.3) is 0 Å². The molecule has 1 aliphatic heterocycles. The number of rotatable bonds is 4. The first-order valence-corrected chi connectivity index (χ1v) is 4.54. The van der Waals surface area contributed by atoms with E-state index in [4.69, 9.17) is 10.2 Å². The Bertz CT molecular complexity index is 169. The van der Waals surface area contributed by atoms with Crippen LogP contribution in [0.3, 0.4) is 0 Å². The van der Waals surface area contributed by atoms with Crippen molar-refractivity contribution in [1.82, 2.24) is 10.6 Å². The van der Waals surface area contributed by atoms with Crippen molar-refractivity contribution in [3.05, 3.63) is 0 Å². The Morgan fingerprint density at radius 3 is 3.00 bits per heavy atom. The Morgan fingerprint density at radius 1 is 1.69 bits per heavy atom. The van der Waals surface area contributed by atoms with Crippen LogP contribution in [-0.2, 0) is 4.79 Å². The van der Waals surface area contributed by atoms with E-state index in [9.17, 15) is 4.79 Å². The number of aliphatic hydroxyl groups excluding tert-OH is 2. The van der Waals surface area contributed by atoms with E-state index in [-0.39, 0.29) is 25.1 Å². The zero-order valence-corrected chi connectivity index (χ0v) is 7.49. The molecule has 5 heteroatoms. The lowest BCUT2D eigenvalue weighted by Gasteiger charge is -2.12. The first-order valence-electron chi connectivity index (χ1n) is 4.54. The minimum Gasteiger partial charge on any atom is -0.394 e. The van der Waals surface area contributed by atoms with E-state index < -0.39 is 6.10 Å². The second-order valence-corrected chi connectivity index (χ2v) is 3.23. The van der Waals surface area contributed by atoms with Crippen molar-refractivity contribution in [3.8, 4) is 0 Å². The van der Waals surface area contributed by atoms with Gasteiger partial charge in [-0.2, -0.15) is 0 Å². The Kier molecular flexibility index (Phi) is 4.14. The third-order valence-corrected chi connectivity index (χ3v) is 2.10.